The van der Waals surface area contributed by atoms with E-state index in [1.54, 1.807) is 0 Å². The van der Waals surface area contributed by atoms with Crippen molar-refractivity contribution in [2.75, 3.05) is 0 Å². The second-order valence-corrected chi connectivity index (χ2v) is 4.41. The summed E-state index contributed by atoms with van der Waals surface area (Å²) in [5, 5.41) is 12.3. The standard InChI is InChI=1S/C14H15NO4/c1-8(14(17)18)13(16)15-7-11-9(2)19-12-6-4-3-5-10(11)12/h3-6,8H,7H2,1-2H3,(H,15,16)(H,17,18). The van der Waals surface area contributed by atoms with Crippen LogP contribution in [0.15, 0.2) is 28.7 Å². The lowest BCUT2D eigenvalue weighted by Gasteiger charge is -2.07. The Bertz CT molecular complexity index is 629. The summed E-state index contributed by atoms with van der Waals surface area (Å²) in [5.41, 5.74) is 1.64. The monoisotopic (exact) mass is 261 g/mol. The molecule has 2 N–H and O–H groups in total. The van der Waals surface area contributed by atoms with Gasteiger partial charge in [-0.25, -0.2) is 0 Å². The fraction of sp³-hybridized carbons (Fsp3) is 0.286. The number of hydrogen-bond donors (Lipinski definition) is 2. The number of hydrogen-bond acceptors (Lipinski definition) is 3. The predicted molar refractivity (Wildman–Crippen MR) is 69.6 cm³/mol. The molecule has 0 aliphatic heterocycles. The fourth-order valence-corrected chi connectivity index (χ4v) is 1.88. The summed E-state index contributed by atoms with van der Waals surface area (Å²) >= 11 is 0. The zero-order valence-corrected chi connectivity index (χ0v) is 10.8. The largest absolute Gasteiger partial charge is 0.481 e. The average Bonchev–Trinajstić information content (AvgIpc) is 2.70. The molecule has 2 aromatic rings. The van der Waals surface area contributed by atoms with E-state index >= 15 is 0 Å². The van der Waals surface area contributed by atoms with E-state index < -0.39 is 17.8 Å². The third-order valence-corrected chi connectivity index (χ3v) is 3.10. The van der Waals surface area contributed by atoms with Gasteiger partial charge in [0.2, 0.25) is 5.91 Å². The molecule has 5 nitrogen and oxygen atoms in total. The number of fused-ring (bicyclic) bond motifs is 1. The summed E-state index contributed by atoms with van der Waals surface area (Å²) < 4.78 is 5.57. The first kappa shape index (κ1) is 13.1. The average molecular weight is 261 g/mol. The Hall–Kier alpha value is -2.30. The van der Waals surface area contributed by atoms with Gasteiger partial charge in [0.25, 0.3) is 0 Å². The van der Waals surface area contributed by atoms with Crippen LogP contribution >= 0.6 is 0 Å². The molecule has 0 radical (unpaired) electrons. The maximum absolute atomic E-state index is 11.6. The molecule has 0 aliphatic carbocycles. The van der Waals surface area contributed by atoms with E-state index in [2.05, 4.69) is 5.32 Å². The van der Waals surface area contributed by atoms with Gasteiger partial charge in [-0.1, -0.05) is 18.2 Å². The third-order valence-electron chi connectivity index (χ3n) is 3.10. The van der Waals surface area contributed by atoms with Gasteiger partial charge < -0.3 is 14.8 Å². The summed E-state index contributed by atoms with van der Waals surface area (Å²) in [6.45, 7) is 3.44. The molecular weight excluding hydrogens is 246 g/mol. The molecule has 2 rings (SSSR count). The Morgan fingerprint density at radius 1 is 1.37 bits per heavy atom. The topological polar surface area (TPSA) is 79.5 Å². The van der Waals surface area contributed by atoms with Gasteiger partial charge in [0.05, 0.1) is 0 Å². The molecule has 1 aromatic heterocycles. The smallest absolute Gasteiger partial charge is 0.315 e. The maximum atomic E-state index is 11.6. The van der Waals surface area contributed by atoms with Crippen molar-refractivity contribution in [3.05, 3.63) is 35.6 Å². The van der Waals surface area contributed by atoms with E-state index in [1.165, 1.54) is 6.92 Å². The number of carbonyl (C=O) groups excluding carboxylic acids is 1. The van der Waals surface area contributed by atoms with E-state index in [0.29, 0.717) is 0 Å². The van der Waals surface area contributed by atoms with E-state index in [9.17, 15) is 9.59 Å². The number of rotatable bonds is 4. The highest BCUT2D eigenvalue weighted by Crippen LogP contribution is 2.24. The Morgan fingerprint density at radius 3 is 2.74 bits per heavy atom. The first-order chi connectivity index (χ1) is 9.00. The number of carboxylic acids is 1. The quantitative estimate of drug-likeness (QED) is 0.826. The van der Waals surface area contributed by atoms with Gasteiger partial charge in [-0.05, 0) is 19.9 Å². The van der Waals surface area contributed by atoms with E-state index in [-0.39, 0.29) is 6.54 Å². The Morgan fingerprint density at radius 2 is 2.05 bits per heavy atom. The molecule has 19 heavy (non-hydrogen) atoms. The summed E-state index contributed by atoms with van der Waals surface area (Å²) in [4.78, 5) is 22.3. The number of aryl methyl sites for hydroxylation is 1. The van der Waals surface area contributed by atoms with Crippen LogP contribution in [0.2, 0.25) is 0 Å². The van der Waals surface area contributed by atoms with Crippen LogP contribution in [0, 0.1) is 12.8 Å². The van der Waals surface area contributed by atoms with Crippen molar-refractivity contribution in [2.45, 2.75) is 20.4 Å². The molecule has 0 spiro atoms. The van der Waals surface area contributed by atoms with E-state index in [1.807, 2.05) is 31.2 Å². The lowest BCUT2D eigenvalue weighted by atomic mass is 10.1. The van der Waals surface area contributed by atoms with E-state index in [0.717, 1.165) is 22.3 Å². The van der Waals surface area contributed by atoms with Crippen LogP contribution in [0.5, 0.6) is 0 Å². The normalized spacial score (nSPS) is 12.3. The zero-order chi connectivity index (χ0) is 14.0. The Kier molecular flexibility index (Phi) is 3.55. The van der Waals surface area contributed by atoms with Crippen molar-refractivity contribution in [1.29, 1.82) is 0 Å². The van der Waals surface area contributed by atoms with Crippen LogP contribution < -0.4 is 5.32 Å². The predicted octanol–water partition coefficient (Wildman–Crippen LogP) is 2.08. The number of carboxylic acid groups (broad SMARTS) is 1. The SMILES string of the molecule is Cc1oc2ccccc2c1CNC(=O)C(C)C(=O)O. The Balaban J connectivity index is 2.16. The molecule has 100 valence electrons. The van der Waals surface area contributed by atoms with Crippen molar-refractivity contribution in [1.82, 2.24) is 5.32 Å². The minimum atomic E-state index is -1.13. The fourth-order valence-electron chi connectivity index (χ4n) is 1.88. The van der Waals surface area contributed by atoms with E-state index in [4.69, 9.17) is 9.52 Å². The minimum absolute atomic E-state index is 0.263. The van der Waals surface area contributed by atoms with Crippen LogP contribution in [0.3, 0.4) is 0 Å². The number of amides is 1. The molecule has 0 saturated carbocycles. The molecular formula is C14H15NO4. The van der Waals surface area contributed by atoms with Crippen molar-refractivity contribution in [2.24, 2.45) is 5.92 Å². The molecule has 1 heterocycles. The first-order valence-corrected chi connectivity index (χ1v) is 5.98. The molecule has 1 unspecified atom stereocenters. The van der Waals surface area contributed by atoms with Gasteiger partial charge in [0, 0.05) is 17.5 Å². The summed E-state index contributed by atoms with van der Waals surface area (Å²) in [6.07, 6.45) is 0. The highest BCUT2D eigenvalue weighted by Gasteiger charge is 2.20. The third kappa shape index (κ3) is 2.59. The van der Waals surface area contributed by atoms with Gasteiger partial charge >= 0.3 is 5.97 Å². The summed E-state index contributed by atoms with van der Waals surface area (Å²) in [6, 6.07) is 7.53. The molecule has 5 heteroatoms. The lowest BCUT2D eigenvalue weighted by molar-refractivity contribution is -0.146. The summed E-state index contributed by atoms with van der Waals surface area (Å²) in [7, 11) is 0. The van der Waals surface area contributed by atoms with Crippen molar-refractivity contribution in [3.63, 3.8) is 0 Å². The number of para-hydroxylation sites is 1. The van der Waals surface area contributed by atoms with Crippen LogP contribution in [0.1, 0.15) is 18.2 Å². The maximum Gasteiger partial charge on any atom is 0.315 e. The molecule has 1 atom stereocenters. The zero-order valence-electron chi connectivity index (χ0n) is 10.8. The van der Waals surface area contributed by atoms with Gasteiger partial charge in [-0.15, -0.1) is 0 Å². The second kappa shape index (κ2) is 5.14. The first-order valence-electron chi connectivity index (χ1n) is 5.98. The van der Waals surface area contributed by atoms with Gasteiger partial charge in [0.1, 0.15) is 17.3 Å². The number of benzene rings is 1. The lowest BCUT2D eigenvalue weighted by Crippen LogP contribution is -2.33. The molecule has 0 bridgehead atoms. The molecule has 0 fully saturated rings. The minimum Gasteiger partial charge on any atom is -0.481 e. The van der Waals surface area contributed by atoms with Crippen molar-refractivity contribution < 1.29 is 19.1 Å². The van der Waals surface area contributed by atoms with Crippen molar-refractivity contribution in [3.8, 4) is 0 Å². The number of furan rings is 1. The number of carbonyl (C=O) groups is 2. The summed E-state index contributed by atoms with van der Waals surface area (Å²) in [5.74, 6) is -1.97. The van der Waals surface area contributed by atoms with Crippen LogP contribution in [-0.4, -0.2) is 17.0 Å². The van der Waals surface area contributed by atoms with Gasteiger partial charge in [-0.2, -0.15) is 0 Å². The highest BCUT2D eigenvalue weighted by molar-refractivity contribution is 5.96. The van der Waals surface area contributed by atoms with Crippen molar-refractivity contribution >= 4 is 22.8 Å². The molecule has 1 aromatic carbocycles. The van der Waals surface area contributed by atoms with Gasteiger partial charge in [-0.3, -0.25) is 9.59 Å². The Labute approximate surface area is 110 Å². The number of aliphatic carboxylic acids is 1. The van der Waals surface area contributed by atoms with Gasteiger partial charge in [0.15, 0.2) is 0 Å². The molecule has 0 aliphatic rings. The van der Waals surface area contributed by atoms with Crippen LogP contribution in [-0.2, 0) is 16.1 Å². The van der Waals surface area contributed by atoms with Crippen LogP contribution in [0.25, 0.3) is 11.0 Å². The second-order valence-electron chi connectivity index (χ2n) is 4.41. The molecule has 0 saturated heterocycles. The molecule has 1 amide bonds. The van der Waals surface area contributed by atoms with Crippen LogP contribution in [0.4, 0.5) is 0 Å². The number of nitrogens with one attached hydrogen (secondary N) is 1. The highest BCUT2D eigenvalue weighted by atomic mass is 16.4.